The van der Waals surface area contributed by atoms with E-state index in [0.29, 0.717) is 33.5 Å². The molecule has 2 fully saturated rings. The number of amides is 3. The number of nitrogens with zero attached hydrogens (tertiary/aromatic N) is 8. The SMILES string of the molecule is CC(C)n1cnnc1-c1cccc(NC(=O)c2cc3c(cc2F)CN(C(=O)N2CC(F)(F)C(F)(F)C2)Cc2c(C4CC4)ncn2-3)n1. The first-order valence-electron chi connectivity index (χ1n) is 14.7. The number of fused-ring (bicyclic) bond motifs is 3. The predicted molar refractivity (Wildman–Crippen MR) is 153 cm³/mol. The van der Waals surface area contributed by atoms with Crippen molar-refractivity contribution in [2.24, 2.45) is 0 Å². The quantitative estimate of drug-likeness (QED) is 0.292. The van der Waals surface area contributed by atoms with Crippen LogP contribution in [0.5, 0.6) is 0 Å². The highest BCUT2D eigenvalue weighted by Crippen LogP contribution is 2.44. The molecule has 3 aromatic heterocycles. The van der Waals surface area contributed by atoms with Crippen molar-refractivity contribution in [3.8, 4) is 17.2 Å². The molecule has 0 radical (unpaired) electrons. The highest BCUT2D eigenvalue weighted by atomic mass is 19.3. The Labute approximate surface area is 259 Å². The maximum absolute atomic E-state index is 15.6. The number of pyridine rings is 1. The summed E-state index contributed by atoms with van der Waals surface area (Å²) in [6.07, 6.45) is 4.78. The van der Waals surface area contributed by atoms with Crippen LogP contribution in [0.1, 0.15) is 66.0 Å². The van der Waals surface area contributed by atoms with Gasteiger partial charge in [0.25, 0.3) is 5.91 Å². The number of nitrogens with one attached hydrogen (secondary N) is 1. The summed E-state index contributed by atoms with van der Waals surface area (Å²) in [5.74, 6) is -9.71. The van der Waals surface area contributed by atoms with Crippen molar-refractivity contribution in [3.05, 3.63) is 71.3 Å². The normalized spacial score (nSPS) is 18.3. The molecule has 0 spiro atoms. The molecule has 3 amide bonds. The summed E-state index contributed by atoms with van der Waals surface area (Å²) in [7, 11) is 0. The molecular formula is C30H28F5N9O2. The van der Waals surface area contributed by atoms with Crippen molar-refractivity contribution < 1.29 is 31.5 Å². The number of imidazole rings is 1. The van der Waals surface area contributed by atoms with E-state index < -0.39 is 42.7 Å². The van der Waals surface area contributed by atoms with Crippen molar-refractivity contribution in [2.45, 2.75) is 63.6 Å². The predicted octanol–water partition coefficient (Wildman–Crippen LogP) is 5.40. The third kappa shape index (κ3) is 5.04. The van der Waals surface area contributed by atoms with Crippen LogP contribution >= 0.6 is 0 Å². The first kappa shape index (κ1) is 29.8. The number of hydrogen-bond donors (Lipinski definition) is 1. The van der Waals surface area contributed by atoms with Gasteiger partial charge in [0.1, 0.15) is 23.7 Å². The second-order valence-electron chi connectivity index (χ2n) is 12.1. The van der Waals surface area contributed by atoms with E-state index >= 15 is 4.39 Å². The molecule has 7 rings (SSSR count). The lowest BCUT2D eigenvalue weighted by atomic mass is 10.1. The number of halogens is 5. The van der Waals surface area contributed by atoms with Crippen LogP contribution in [-0.2, 0) is 13.1 Å². The molecule has 5 heterocycles. The van der Waals surface area contributed by atoms with Gasteiger partial charge in [-0.2, -0.15) is 17.6 Å². The molecule has 46 heavy (non-hydrogen) atoms. The smallest absolute Gasteiger partial charge is 0.314 e. The molecule has 1 aromatic carbocycles. The molecule has 1 saturated heterocycles. The molecule has 16 heteroatoms. The number of carbonyl (C=O) groups is 2. The third-order valence-corrected chi connectivity index (χ3v) is 8.44. The Bertz CT molecular complexity index is 1850. The second kappa shape index (κ2) is 10.6. The van der Waals surface area contributed by atoms with E-state index in [1.165, 1.54) is 12.4 Å². The van der Waals surface area contributed by atoms with Gasteiger partial charge in [-0.3, -0.25) is 4.79 Å². The summed E-state index contributed by atoms with van der Waals surface area (Å²) >= 11 is 0. The van der Waals surface area contributed by atoms with Crippen LogP contribution in [0.3, 0.4) is 0 Å². The molecule has 1 aliphatic carbocycles. The van der Waals surface area contributed by atoms with Gasteiger partial charge in [0, 0.05) is 12.0 Å². The van der Waals surface area contributed by atoms with Crippen LogP contribution in [0.25, 0.3) is 17.2 Å². The van der Waals surface area contributed by atoms with Gasteiger partial charge < -0.3 is 24.3 Å². The summed E-state index contributed by atoms with van der Waals surface area (Å²) in [6, 6.07) is 6.35. The fourth-order valence-corrected chi connectivity index (χ4v) is 5.87. The zero-order valence-electron chi connectivity index (χ0n) is 24.7. The molecule has 240 valence electrons. The van der Waals surface area contributed by atoms with Gasteiger partial charge in [0.05, 0.1) is 55.1 Å². The topological polar surface area (TPSA) is 114 Å². The fourth-order valence-electron chi connectivity index (χ4n) is 5.87. The lowest BCUT2D eigenvalue weighted by Crippen LogP contribution is -2.42. The maximum Gasteiger partial charge on any atom is 0.329 e. The molecule has 0 unspecified atom stereocenters. The number of rotatable bonds is 5. The van der Waals surface area contributed by atoms with Gasteiger partial charge in [-0.25, -0.2) is 19.2 Å². The molecule has 1 saturated carbocycles. The minimum atomic E-state index is -4.37. The van der Waals surface area contributed by atoms with E-state index in [2.05, 4.69) is 25.5 Å². The largest absolute Gasteiger partial charge is 0.329 e. The van der Waals surface area contributed by atoms with E-state index in [9.17, 15) is 27.2 Å². The van der Waals surface area contributed by atoms with Gasteiger partial charge in [-0.1, -0.05) is 6.07 Å². The first-order valence-corrected chi connectivity index (χ1v) is 14.7. The molecule has 2 aliphatic heterocycles. The Morgan fingerprint density at radius 2 is 1.74 bits per heavy atom. The summed E-state index contributed by atoms with van der Waals surface area (Å²) < 4.78 is 75.0. The van der Waals surface area contributed by atoms with Crippen molar-refractivity contribution in [2.75, 3.05) is 18.4 Å². The van der Waals surface area contributed by atoms with Crippen LogP contribution in [0.15, 0.2) is 43.0 Å². The van der Waals surface area contributed by atoms with Gasteiger partial charge in [-0.15, -0.1) is 10.2 Å². The van der Waals surface area contributed by atoms with E-state index in [1.54, 1.807) is 29.1 Å². The monoisotopic (exact) mass is 641 g/mol. The Hall–Kier alpha value is -4.89. The van der Waals surface area contributed by atoms with Gasteiger partial charge >= 0.3 is 17.9 Å². The van der Waals surface area contributed by atoms with Crippen molar-refractivity contribution in [1.29, 1.82) is 0 Å². The van der Waals surface area contributed by atoms with Crippen LogP contribution in [0.2, 0.25) is 0 Å². The van der Waals surface area contributed by atoms with E-state index in [4.69, 9.17) is 0 Å². The highest BCUT2D eigenvalue weighted by Gasteiger charge is 2.64. The van der Waals surface area contributed by atoms with Crippen LogP contribution < -0.4 is 5.32 Å². The van der Waals surface area contributed by atoms with Crippen molar-refractivity contribution in [3.63, 3.8) is 0 Å². The molecule has 0 atom stereocenters. The average molecular weight is 642 g/mol. The lowest BCUT2D eigenvalue weighted by molar-refractivity contribution is -0.172. The van der Waals surface area contributed by atoms with Crippen LogP contribution in [0, 0.1) is 5.82 Å². The Balaban J connectivity index is 1.21. The zero-order valence-corrected chi connectivity index (χ0v) is 24.7. The minimum Gasteiger partial charge on any atom is -0.314 e. The summed E-state index contributed by atoms with van der Waals surface area (Å²) in [6.45, 7) is 0.639. The number of likely N-dealkylation sites (tertiary alicyclic amines) is 1. The number of urea groups is 1. The number of benzene rings is 1. The molecular weight excluding hydrogens is 613 g/mol. The van der Waals surface area contributed by atoms with Crippen LogP contribution in [-0.4, -0.2) is 76.0 Å². The number of aromatic nitrogens is 6. The molecule has 3 aliphatic rings. The molecule has 0 bridgehead atoms. The Morgan fingerprint density at radius 3 is 2.43 bits per heavy atom. The fraction of sp³-hybridized carbons (Fsp3) is 0.400. The summed E-state index contributed by atoms with van der Waals surface area (Å²) in [5, 5.41) is 10.7. The number of hydrogen-bond acceptors (Lipinski definition) is 6. The Morgan fingerprint density at radius 1 is 1.00 bits per heavy atom. The number of carbonyl (C=O) groups excluding carboxylic acids is 2. The van der Waals surface area contributed by atoms with Gasteiger partial charge in [0.2, 0.25) is 0 Å². The summed E-state index contributed by atoms with van der Waals surface area (Å²) in [5.41, 5.74) is 1.93. The van der Waals surface area contributed by atoms with Gasteiger partial charge in [-0.05, 0) is 56.5 Å². The zero-order chi connectivity index (χ0) is 32.5. The first-order chi connectivity index (χ1) is 21.8. The van der Waals surface area contributed by atoms with Crippen molar-refractivity contribution >= 4 is 17.8 Å². The molecule has 1 N–H and O–H groups in total. The van der Waals surface area contributed by atoms with Crippen LogP contribution in [0.4, 0.5) is 32.6 Å². The number of anilines is 1. The van der Waals surface area contributed by atoms with E-state index in [0.717, 1.165) is 23.8 Å². The average Bonchev–Trinajstić information content (AvgIpc) is 3.52. The minimum absolute atomic E-state index is 0.0516. The van der Waals surface area contributed by atoms with Crippen molar-refractivity contribution in [1.82, 2.24) is 39.1 Å². The Kier molecular flexibility index (Phi) is 6.86. The second-order valence-corrected chi connectivity index (χ2v) is 12.1. The number of alkyl halides is 4. The maximum atomic E-state index is 15.6. The standard InChI is InChI=1S/C30H28F5N9O2/c1-16(2)43-15-37-40-26(43)21-4-3-5-24(38-21)39-27(45)19-9-22-18(8-20(19)31)10-41(11-23-25(17-6-7-17)36-14-44(22)23)28(46)42-12-29(32,33)30(34,35)13-42/h3-5,8-9,14-17H,6-7,10-13H2,1-2H3,(H,38,39,45). The summed E-state index contributed by atoms with van der Waals surface area (Å²) in [4.78, 5) is 37.3. The molecule has 11 nitrogen and oxygen atoms in total. The van der Waals surface area contributed by atoms with E-state index in [-0.39, 0.29) is 42.0 Å². The highest BCUT2D eigenvalue weighted by molar-refractivity contribution is 6.04. The lowest BCUT2D eigenvalue weighted by Gasteiger charge is -2.26. The third-order valence-electron chi connectivity index (χ3n) is 8.44. The van der Waals surface area contributed by atoms with E-state index in [1.807, 2.05) is 18.4 Å². The van der Waals surface area contributed by atoms with Gasteiger partial charge in [0.15, 0.2) is 5.82 Å². The molecule has 4 aromatic rings.